The zero-order chi connectivity index (χ0) is 13.0. The number of likely N-dealkylation sites (N-methyl/N-ethyl adjacent to an activating group) is 1. The van der Waals surface area contributed by atoms with E-state index in [2.05, 4.69) is 29.3 Å². The minimum atomic E-state index is 0.709. The third-order valence-corrected chi connectivity index (χ3v) is 3.04. The van der Waals surface area contributed by atoms with E-state index in [1.165, 1.54) is 12.8 Å². The van der Waals surface area contributed by atoms with E-state index in [1.807, 2.05) is 19.2 Å². The topological polar surface area (TPSA) is 37.4 Å². The van der Waals surface area contributed by atoms with Gasteiger partial charge in [-0.3, -0.25) is 4.98 Å². The molecule has 1 aromatic rings. The molecule has 1 saturated carbocycles. The second-order valence-electron chi connectivity index (χ2n) is 5.24. The second kappa shape index (κ2) is 6.16. The van der Waals surface area contributed by atoms with Gasteiger partial charge in [-0.2, -0.15) is 0 Å². The molecule has 0 radical (unpaired) electrons. The van der Waals surface area contributed by atoms with Gasteiger partial charge in [0.1, 0.15) is 12.4 Å². The molecule has 0 bridgehead atoms. The first-order valence-electron chi connectivity index (χ1n) is 6.61. The summed E-state index contributed by atoms with van der Waals surface area (Å²) in [6.45, 7) is 4.50. The molecule has 0 spiro atoms. The standard InChI is InChI=1S/C14H23N3O/c1-11-8-14(18-7-6-17(2)3)12(9-15-11)10-16-13-4-5-13/h8-9,13,16H,4-7,10H2,1-3H3. The second-order valence-corrected chi connectivity index (χ2v) is 5.24. The summed E-state index contributed by atoms with van der Waals surface area (Å²) in [6, 6.07) is 2.74. The van der Waals surface area contributed by atoms with Crippen LogP contribution < -0.4 is 10.1 Å². The highest BCUT2D eigenvalue weighted by molar-refractivity contribution is 5.33. The van der Waals surface area contributed by atoms with Gasteiger partial charge in [0.25, 0.3) is 0 Å². The average molecular weight is 249 g/mol. The molecule has 4 nitrogen and oxygen atoms in total. The molecule has 100 valence electrons. The van der Waals surface area contributed by atoms with Crippen molar-refractivity contribution in [1.29, 1.82) is 0 Å². The summed E-state index contributed by atoms with van der Waals surface area (Å²) in [4.78, 5) is 6.47. The Morgan fingerprint density at radius 2 is 2.22 bits per heavy atom. The summed E-state index contributed by atoms with van der Waals surface area (Å²) >= 11 is 0. The molecule has 0 atom stereocenters. The Labute approximate surface area is 109 Å². The van der Waals surface area contributed by atoms with Crippen LogP contribution in [0.25, 0.3) is 0 Å². The van der Waals surface area contributed by atoms with Crippen molar-refractivity contribution in [2.24, 2.45) is 0 Å². The highest BCUT2D eigenvalue weighted by Gasteiger charge is 2.20. The molecule has 1 heterocycles. The maximum Gasteiger partial charge on any atom is 0.127 e. The lowest BCUT2D eigenvalue weighted by Crippen LogP contribution is -2.21. The summed E-state index contributed by atoms with van der Waals surface area (Å²) in [6.07, 6.45) is 4.53. The first kappa shape index (κ1) is 13.3. The highest BCUT2D eigenvalue weighted by Crippen LogP contribution is 2.22. The molecule has 0 aromatic carbocycles. The van der Waals surface area contributed by atoms with Gasteiger partial charge in [-0.15, -0.1) is 0 Å². The number of hydrogen-bond acceptors (Lipinski definition) is 4. The smallest absolute Gasteiger partial charge is 0.127 e. The van der Waals surface area contributed by atoms with Crippen LogP contribution >= 0.6 is 0 Å². The zero-order valence-corrected chi connectivity index (χ0v) is 11.6. The molecule has 2 rings (SSSR count). The van der Waals surface area contributed by atoms with Crippen LogP contribution in [0.2, 0.25) is 0 Å². The van der Waals surface area contributed by atoms with Gasteiger partial charge in [0.15, 0.2) is 0 Å². The predicted octanol–water partition coefficient (Wildman–Crippen LogP) is 1.58. The van der Waals surface area contributed by atoms with Crippen molar-refractivity contribution < 1.29 is 4.74 Å². The Hall–Kier alpha value is -1.13. The molecule has 18 heavy (non-hydrogen) atoms. The van der Waals surface area contributed by atoms with Crippen LogP contribution in [0.1, 0.15) is 24.1 Å². The average Bonchev–Trinajstić information content (AvgIpc) is 3.11. The molecule has 1 aliphatic carbocycles. The molecular weight excluding hydrogens is 226 g/mol. The van der Waals surface area contributed by atoms with Crippen LogP contribution in [0.4, 0.5) is 0 Å². The van der Waals surface area contributed by atoms with Gasteiger partial charge in [-0.25, -0.2) is 0 Å². The van der Waals surface area contributed by atoms with Gasteiger partial charge in [-0.05, 0) is 33.9 Å². The van der Waals surface area contributed by atoms with Gasteiger partial charge in [0, 0.05) is 42.7 Å². The van der Waals surface area contributed by atoms with Crippen molar-refractivity contribution in [3.05, 3.63) is 23.5 Å². The van der Waals surface area contributed by atoms with Crippen LogP contribution in [-0.4, -0.2) is 43.2 Å². The number of aryl methyl sites for hydroxylation is 1. The molecule has 0 saturated heterocycles. The Morgan fingerprint density at radius 3 is 2.89 bits per heavy atom. The molecule has 0 amide bonds. The number of aromatic nitrogens is 1. The Morgan fingerprint density at radius 1 is 1.44 bits per heavy atom. The largest absolute Gasteiger partial charge is 0.492 e. The van der Waals surface area contributed by atoms with Crippen LogP contribution in [0.3, 0.4) is 0 Å². The van der Waals surface area contributed by atoms with Crippen molar-refractivity contribution in [1.82, 2.24) is 15.2 Å². The molecular formula is C14H23N3O. The third-order valence-electron chi connectivity index (χ3n) is 3.04. The maximum absolute atomic E-state index is 5.86. The van der Waals surface area contributed by atoms with Crippen molar-refractivity contribution >= 4 is 0 Å². The fraction of sp³-hybridized carbons (Fsp3) is 0.643. The van der Waals surface area contributed by atoms with Crippen LogP contribution in [0.15, 0.2) is 12.3 Å². The Bertz CT molecular complexity index is 389. The number of nitrogens with zero attached hydrogens (tertiary/aromatic N) is 2. The first-order valence-corrected chi connectivity index (χ1v) is 6.61. The SMILES string of the molecule is Cc1cc(OCCN(C)C)c(CNC2CC2)cn1. The summed E-state index contributed by atoms with van der Waals surface area (Å²) < 4.78 is 5.86. The summed E-state index contributed by atoms with van der Waals surface area (Å²) in [5.74, 6) is 0.970. The van der Waals surface area contributed by atoms with E-state index in [0.29, 0.717) is 12.6 Å². The third kappa shape index (κ3) is 4.27. The van der Waals surface area contributed by atoms with E-state index in [0.717, 1.165) is 30.1 Å². The number of ether oxygens (including phenoxy) is 1. The summed E-state index contributed by atoms with van der Waals surface area (Å²) in [5, 5.41) is 3.50. The molecule has 1 fully saturated rings. The fourth-order valence-corrected chi connectivity index (χ4v) is 1.71. The van der Waals surface area contributed by atoms with Crippen molar-refractivity contribution in [3.8, 4) is 5.75 Å². The van der Waals surface area contributed by atoms with Gasteiger partial charge in [-0.1, -0.05) is 0 Å². The van der Waals surface area contributed by atoms with Crippen molar-refractivity contribution in [2.75, 3.05) is 27.2 Å². The fourth-order valence-electron chi connectivity index (χ4n) is 1.71. The number of pyridine rings is 1. The van der Waals surface area contributed by atoms with Crippen LogP contribution in [0.5, 0.6) is 5.75 Å². The van der Waals surface area contributed by atoms with Gasteiger partial charge in [0.2, 0.25) is 0 Å². The van der Waals surface area contributed by atoms with Crippen LogP contribution in [0, 0.1) is 6.92 Å². The minimum Gasteiger partial charge on any atom is -0.492 e. The van der Waals surface area contributed by atoms with E-state index in [4.69, 9.17) is 4.74 Å². The van der Waals surface area contributed by atoms with Gasteiger partial charge < -0.3 is 15.0 Å². The number of rotatable bonds is 7. The minimum absolute atomic E-state index is 0.709. The number of nitrogens with one attached hydrogen (secondary N) is 1. The monoisotopic (exact) mass is 249 g/mol. The predicted molar refractivity (Wildman–Crippen MR) is 72.9 cm³/mol. The molecule has 1 aromatic heterocycles. The molecule has 1 N–H and O–H groups in total. The van der Waals surface area contributed by atoms with Crippen molar-refractivity contribution in [3.63, 3.8) is 0 Å². The van der Waals surface area contributed by atoms with E-state index >= 15 is 0 Å². The molecule has 0 unspecified atom stereocenters. The van der Waals surface area contributed by atoms with E-state index in [1.54, 1.807) is 0 Å². The first-order chi connectivity index (χ1) is 8.65. The highest BCUT2D eigenvalue weighted by atomic mass is 16.5. The normalized spacial score (nSPS) is 15.1. The Kier molecular flexibility index (Phi) is 4.55. The summed E-state index contributed by atoms with van der Waals surface area (Å²) in [5.41, 5.74) is 2.16. The Balaban J connectivity index is 1.93. The molecule has 4 heteroatoms. The van der Waals surface area contributed by atoms with E-state index < -0.39 is 0 Å². The van der Waals surface area contributed by atoms with E-state index in [-0.39, 0.29) is 0 Å². The number of hydrogen-bond donors (Lipinski definition) is 1. The molecule has 1 aliphatic rings. The van der Waals surface area contributed by atoms with Gasteiger partial charge >= 0.3 is 0 Å². The lowest BCUT2D eigenvalue weighted by Gasteiger charge is -2.14. The van der Waals surface area contributed by atoms with E-state index in [9.17, 15) is 0 Å². The lowest BCUT2D eigenvalue weighted by atomic mass is 10.2. The molecule has 0 aliphatic heterocycles. The maximum atomic E-state index is 5.86. The zero-order valence-electron chi connectivity index (χ0n) is 11.6. The van der Waals surface area contributed by atoms with Crippen LogP contribution in [-0.2, 0) is 6.54 Å². The summed E-state index contributed by atoms with van der Waals surface area (Å²) in [7, 11) is 4.10. The quantitative estimate of drug-likeness (QED) is 0.796. The van der Waals surface area contributed by atoms with Gasteiger partial charge in [0.05, 0.1) is 0 Å². The van der Waals surface area contributed by atoms with Crippen molar-refractivity contribution in [2.45, 2.75) is 32.4 Å². The lowest BCUT2D eigenvalue weighted by molar-refractivity contribution is 0.258.